The van der Waals surface area contributed by atoms with Gasteiger partial charge in [-0.05, 0) is 33.6 Å². The fraction of sp³-hybridized carbons (Fsp3) is 0.600. The van der Waals surface area contributed by atoms with E-state index >= 15 is 4.79 Å². The number of nitrogens with zero attached hydrogens (tertiary/aromatic N) is 6. The maximum atomic E-state index is 15.2. The van der Waals surface area contributed by atoms with Gasteiger partial charge in [-0.25, -0.2) is 29.7 Å². The summed E-state index contributed by atoms with van der Waals surface area (Å²) in [7, 11) is -9.33. The van der Waals surface area contributed by atoms with Crippen molar-refractivity contribution < 1.29 is 138 Å². The van der Waals surface area contributed by atoms with E-state index in [4.69, 9.17) is 98.9 Å². The quantitative estimate of drug-likeness (QED) is 0.00870. The van der Waals surface area contributed by atoms with Crippen LogP contribution in [0.2, 0.25) is 0 Å². The second kappa shape index (κ2) is 42.4. The number of unbranched alkanes of at least 4 members (excludes halogenated alkanes) is 1. The van der Waals surface area contributed by atoms with Gasteiger partial charge in [0.2, 0.25) is 29.5 Å². The Morgan fingerprint density at radius 3 is 1.94 bits per heavy atom. The minimum Gasteiger partial charge on any atom is -0.441 e. The molecule has 0 spiro atoms. The second-order valence-corrected chi connectivity index (χ2v) is 27.3. The standard InChI is InChI=1S/C55H84N20O21S2.2H2O4S/c1-19-32(72-45(75-43(19)58)24(11-30(57)79)67-12-23(56)44(59)85)49(89)74-34(40(25-13-63-18-68-25)94-53-42(38(83)36(81)28(14-76)93-53)95-52-39(84)41(96-55(62)91)37(82)29(15-77)92-52)50(90)69-21(3)35(80)20(2)46(86)73-33(22(4)78)48(88)65-10-7-31-70-27(17-97-31)51-71-26(16-98-51)47(87)64-8-5-6-9-66-54(60)61;2*1-5(2,3)4/h13,16-18,20-24,28-29,33-42,52-53,67,76-78,80-84H,5-12,14-15,56H2,1-4H3,(H2,57,79)(H2,59,85)(H2,62,91)(H,63,68)(H,64,87)(H,65,88)(H,69,90)(H,73,86)(H,74,89)(H2,58,72,75)(H4,60,61,66);2*(H2,1,2,3,4)/t20-,21+,22+,23-,24-,28-,29+,33-,34-,35-,36+,37+,38-,39-,40-,41-,42-,52+,53-;;/m0../s1. The maximum absolute atomic E-state index is 15.2. The van der Waals surface area contributed by atoms with Crippen molar-refractivity contribution >= 4 is 103 Å². The van der Waals surface area contributed by atoms with Gasteiger partial charge in [0.05, 0.1) is 72.7 Å². The van der Waals surface area contributed by atoms with Crippen LogP contribution >= 0.6 is 22.7 Å². The van der Waals surface area contributed by atoms with Crippen molar-refractivity contribution in [3.05, 3.63) is 56.8 Å². The van der Waals surface area contributed by atoms with Crippen LogP contribution in [-0.2, 0) is 74.9 Å². The Bertz CT molecular complexity index is 3870. The SMILES string of the molecule is Cc1c(N)nc([C@H](CC(N)=O)NC[C@H](N)C(N)=O)nc1C(=O)N[C@H](C(=O)N[C@H](C)[C@@H](O)[C@H](C)C(=O)N[C@H](C(=O)NCCc1nc(-c2nc(C(=O)NCCCCN=C(N)N)cs2)cs1)[C@@H](C)O)[C@@H](O[C@@H]1O[C@@H](CO)[C@@H](O)[C@H](O)[C@@H]1O[C@H]1O[C@H](CO)[C@@H](O)[C@H](OC(N)=O)[C@@H]1O)c1cnc[nH]1.O=S(=O)(O)O.O=S(=O)(O)O. The summed E-state index contributed by atoms with van der Waals surface area (Å²) in [6.45, 7) is 3.39. The van der Waals surface area contributed by atoms with E-state index in [0.717, 1.165) is 12.5 Å². The minimum atomic E-state index is -4.67. The molecule has 8 amide bonds. The summed E-state index contributed by atoms with van der Waals surface area (Å²) < 4.78 is 91.9. The Morgan fingerprint density at radius 2 is 1.36 bits per heavy atom. The molecule has 6 rings (SSSR count). The molecule has 0 aliphatic carbocycles. The first-order chi connectivity index (χ1) is 50.3. The number of nitrogens with one attached hydrogen (secondary N) is 7. The third-order valence-corrected chi connectivity index (χ3v) is 17.2. The summed E-state index contributed by atoms with van der Waals surface area (Å²) in [5.41, 5.74) is 38.6. The first kappa shape index (κ1) is 91.7. The number of rotatable bonds is 36. The molecule has 0 bridgehead atoms. The van der Waals surface area contributed by atoms with E-state index in [2.05, 4.69) is 66.8 Å². The minimum absolute atomic E-state index is 0.0175. The molecule has 0 unspecified atom stereocenters. The zero-order valence-electron chi connectivity index (χ0n) is 57.5. The highest BCUT2D eigenvalue weighted by molar-refractivity contribution is 7.80. The normalized spacial score (nSPS) is 22.5. The highest BCUT2D eigenvalue weighted by Gasteiger charge is 2.54. The number of imidazole rings is 1. The van der Waals surface area contributed by atoms with E-state index in [1.807, 2.05) is 0 Å². The molecule has 2 saturated heterocycles. The topological polar surface area (TPSA) is 841 Å². The van der Waals surface area contributed by atoms with Crippen molar-refractivity contribution in [3.63, 3.8) is 0 Å². The summed E-state index contributed by atoms with van der Waals surface area (Å²) >= 11 is 2.46. The highest BCUT2D eigenvalue weighted by Crippen LogP contribution is 2.35. The number of aromatic amines is 1. The Morgan fingerprint density at radius 1 is 0.731 bits per heavy atom. The molecule has 606 valence electrons. The predicted molar refractivity (Wildman–Crippen MR) is 368 cm³/mol. The van der Waals surface area contributed by atoms with Crippen LogP contribution in [0, 0.1) is 12.8 Å². The Balaban J connectivity index is 0.00000230. The zero-order valence-corrected chi connectivity index (χ0v) is 60.8. The molecule has 2 aliphatic heterocycles. The lowest BCUT2D eigenvalue weighted by Crippen LogP contribution is -2.65. The number of carbonyl (C=O) groups is 8. The number of anilines is 1. The first-order valence-corrected chi connectivity index (χ1v) is 36.3. The lowest BCUT2D eigenvalue weighted by atomic mass is 9.96. The molecule has 4 aromatic heterocycles. The summed E-state index contributed by atoms with van der Waals surface area (Å²) in [5, 5.41) is 108. The van der Waals surface area contributed by atoms with E-state index in [1.165, 1.54) is 50.4 Å². The molecular formula is C55H88N20O29S4. The fourth-order valence-electron chi connectivity index (χ4n) is 9.88. The van der Waals surface area contributed by atoms with Gasteiger partial charge in [-0.1, -0.05) is 6.92 Å². The van der Waals surface area contributed by atoms with E-state index in [-0.39, 0.29) is 60.0 Å². The van der Waals surface area contributed by atoms with Crippen molar-refractivity contribution in [2.45, 2.75) is 163 Å². The molecule has 33 N–H and O–H groups in total. The van der Waals surface area contributed by atoms with Gasteiger partial charge in [-0.3, -0.25) is 56.8 Å². The number of aliphatic hydroxyl groups excluding tert-OH is 8. The largest absolute Gasteiger partial charge is 0.441 e. The molecule has 0 radical (unpaired) electrons. The molecule has 2 aliphatic rings. The molecule has 0 saturated carbocycles. The number of carbonyl (C=O) groups excluding carboxylic acids is 8. The van der Waals surface area contributed by atoms with Crippen LogP contribution in [0.3, 0.4) is 0 Å². The predicted octanol–water partition coefficient (Wildman–Crippen LogP) is -10.2. The number of ether oxygens (including phenoxy) is 5. The van der Waals surface area contributed by atoms with Gasteiger partial charge in [0, 0.05) is 55.3 Å². The van der Waals surface area contributed by atoms with Gasteiger partial charge < -0.3 is 142 Å². The van der Waals surface area contributed by atoms with Crippen LogP contribution in [0.5, 0.6) is 0 Å². The fourth-order valence-corrected chi connectivity index (χ4v) is 11.5. The van der Waals surface area contributed by atoms with Gasteiger partial charge in [0.15, 0.2) is 24.6 Å². The lowest BCUT2D eigenvalue weighted by Gasteiger charge is -2.47. The Hall–Kier alpha value is -8.64. The number of aromatic nitrogens is 6. The maximum Gasteiger partial charge on any atom is 0.404 e. The summed E-state index contributed by atoms with van der Waals surface area (Å²) in [4.78, 5) is 135. The molecule has 2 fully saturated rings. The van der Waals surface area contributed by atoms with Crippen LogP contribution < -0.4 is 72.0 Å². The van der Waals surface area contributed by atoms with Crippen LogP contribution in [0.15, 0.2) is 28.3 Å². The molecule has 0 aromatic carbocycles. The average molecular weight is 1620 g/mol. The summed E-state index contributed by atoms with van der Waals surface area (Å²) in [6.07, 6.45) is -23.9. The number of aliphatic imine (C=N–C) groups is 1. The highest BCUT2D eigenvalue weighted by atomic mass is 32.3. The summed E-state index contributed by atoms with van der Waals surface area (Å²) in [5.74, 6) is -8.85. The smallest absolute Gasteiger partial charge is 0.404 e. The zero-order chi connectivity index (χ0) is 81.4. The number of guanidine groups is 1. The van der Waals surface area contributed by atoms with Crippen LogP contribution in [0.1, 0.15) is 95.2 Å². The van der Waals surface area contributed by atoms with E-state index in [1.54, 1.807) is 10.8 Å². The molecule has 108 heavy (non-hydrogen) atoms. The number of amides is 8. The number of hydrogen-bond acceptors (Lipinski definition) is 36. The number of nitrogens with two attached hydrogens (primary N) is 7. The van der Waals surface area contributed by atoms with Crippen molar-refractivity contribution in [1.82, 2.24) is 61.8 Å². The summed E-state index contributed by atoms with van der Waals surface area (Å²) in [6, 6.07) is -7.89. The second-order valence-electron chi connectivity index (χ2n) is 23.7. The van der Waals surface area contributed by atoms with Gasteiger partial charge in [0.1, 0.15) is 94.6 Å². The van der Waals surface area contributed by atoms with E-state index in [9.17, 15) is 74.4 Å². The van der Waals surface area contributed by atoms with Crippen molar-refractivity contribution in [2.24, 2.45) is 45.3 Å². The monoisotopic (exact) mass is 1620 g/mol. The Kier molecular flexibility index (Phi) is 36.0. The van der Waals surface area contributed by atoms with Crippen LogP contribution in [0.25, 0.3) is 10.7 Å². The molecule has 53 heteroatoms. The Labute approximate surface area is 621 Å². The van der Waals surface area contributed by atoms with Gasteiger partial charge in [-0.15, -0.1) is 22.7 Å². The molecule has 6 heterocycles. The van der Waals surface area contributed by atoms with E-state index in [0.29, 0.717) is 41.6 Å². The lowest BCUT2D eigenvalue weighted by molar-refractivity contribution is -0.372. The van der Waals surface area contributed by atoms with Crippen molar-refractivity contribution in [2.75, 3.05) is 45.1 Å². The average Bonchev–Trinajstić information content (AvgIpc) is 0.826. The van der Waals surface area contributed by atoms with Gasteiger partial charge in [-0.2, -0.15) is 16.8 Å². The van der Waals surface area contributed by atoms with Crippen molar-refractivity contribution in [3.8, 4) is 10.7 Å². The van der Waals surface area contributed by atoms with Crippen molar-refractivity contribution in [1.29, 1.82) is 0 Å². The molecule has 19 atom stereocenters. The first-order valence-electron chi connectivity index (χ1n) is 31.8. The molecular weight excluding hydrogens is 1530 g/mol. The number of nitrogen functional groups attached to an aromatic ring is 1. The number of primary amides is 3. The van der Waals surface area contributed by atoms with E-state index < -0.39 is 204 Å². The molecule has 4 aromatic rings. The third kappa shape index (κ3) is 29.1. The molecule has 49 nitrogen and oxygen atoms in total. The van der Waals surface area contributed by atoms with Gasteiger partial charge >= 0.3 is 26.9 Å². The van der Waals surface area contributed by atoms with Crippen LogP contribution in [-0.4, -0.2) is 296 Å². The number of H-pyrrole nitrogens is 1. The van der Waals surface area contributed by atoms with Crippen LogP contribution in [0.4, 0.5) is 10.6 Å². The third-order valence-electron chi connectivity index (χ3n) is 15.4. The number of hydrogen-bond donors (Lipinski definition) is 26. The number of aliphatic hydroxyl groups is 8. The van der Waals surface area contributed by atoms with Gasteiger partial charge in [0.25, 0.3) is 11.8 Å². The number of thiazole rings is 2.